The van der Waals surface area contributed by atoms with Gasteiger partial charge in [0.15, 0.2) is 0 Å². The summed E-state index contributed by atoms with van der Waals surface area (Å²) in [5.41, 5.74) is 2.10. The average Bonchev–Trinajstić information content (AvgIpc) is 2.47. The summed E-state index contributed by atoms with van der Waals surface area (Å²) >= 11 is 12.4. The summed E-state index contributed by atoms with van der Waals surface area (Å²) in [6.45, 7) is 4.27. The highest BCUT2D eigenvalue weighted by Gasteiger charge is 2.22. The molecule has 1 aliphatic heterocycles. The zero-order valence-corrected chi connectivity index (χ0v) is 16.5. The summed E-state index contributed by atoms with van der Waals surface area (Å²) in [5, 5.41) is 1.51. The fraction of sp³-hybridized carbons (Fsp3) is 0.467. The van der Waals surface area contributed by atoms with Gasteiger partial charge in [0.25, 0.3) is 0 Å². The molecule has 21 heavy (non-hydrogen) atoms. The Labute approximate surface area is 151 Å². The molecular formula is C15H16BrClIN3. The average molecular weight is 481 g/mol. The van der Waals surface area contributed by atoms with E-state index in [2.05, 4.69) is 62.4 Å². The van der Waals surface area contributed by atoms with Crippen LogP contribution in [0.15, 0.2) is 10.5 Å². The lowest BCUT2D eigenvalue weighted by molar-refractivity contribution is 0.251. The van der Waals surface area contributed by atoms with E-state index in [1.807, 2.05) is 6.07 Å². The Bertz CT molecular complexity index is 699. The van der Waals surface area contributed by atoms with Crippen molar-refractivity contribution in [1.29, 1.82) is 0 Å². The molecule has 1 aromatic carbocycles. The van der Waals surface area contributed by atoms with Crippen molar-refractivity contribution in [2.45, 2.75) is 25.7 Å². The van der Waals surface area contributed by atoms with Gasteiger partial charge in [-0.05, 0) is 90.1 Å². The van der Waals surface area contributed by atoms with Gasteiger partial charge in [-0.25, -0.2) is 9.97 Å². The molecular weight excluding hydrogens is 464 g/mol. The molecule has 1 saturated heterocycles. The minimum Gasteiger partial charge on any atom is -0.306 e. The van der Waals surface area contributed by atoms with E-state index in [-0.39, 0.29) is 0 Å². The zero-order valence-electron chi connectivity index (χ0n) is 12.0. The summed E-state index contributed by atoms with van der Waals surface area (Å²) in [6.07, 6.45) is 2.20. The van der Waals surface area contributed by atoms with Crippen molar-refractivity contribution in [2.24, 2.45) is 0 Å². The van der Waals surface area contributed by atoms with E-state index in [4.69, 9.17) is 16.6 Å². The fourth-order valence-corrected chi connectivity index (χ4v) is 4.04. The predicted octanol–water partition coefficient (Wildman–Crippen LogP) is 4.77. The van der Waals surface area contributed by atoms with Gasteiger partial charge in [0.2, 0.25) is 0 Å². The lowest BCUT2D eigenvalue weighted by atomic mass is 9.96. The molecule has 1 fully saturated rings. The van der Waals surface area contributed by atoms with Crippen molar-refractivity contribution in [3.8, 4) is 0 Å². The maximum atomic E-state index is 6.43. The van der Waals surface area contributed by atoms with Crippen molar-refractivity contribution < 1.29 is 0 Å². The number of rotatable bonds is 1. The maximum absolute atomic E-state index is 6.43. The number of likely N-dealkylation sites (tertiary alicyclic amines) is 1. The number of fused-ring (bicyclic) bond motifs is 1. The molecule has 0 radical (unpaired) electrons. The van der Waals surface area contributed by atoms with Gasteiger partial charge in [-0.3, -0.25) is 0 Å². The van der Waals surface area contributed by atoms with Crippen molar-refractivity contribution in [2.75, 3.05) is 20.1 Å². The first-order valence-electron chi connectivity index (χ1n) is 6.97. The van der Waals surface area contributed by atoms with Crippen LogP contribution in [0.1, 0.15) is 30.1 Å². The van der Waals surface area contributed by atoms with E-state index in [0.717, 1.165) is 56.3 Å². The minimum absolute atomic E-state index is 0.417. The first kappa shape index (κ1) is 15.9. The van der Waals surface area contributed by atoms with Crippen LogP contribution in [0.4, 0.5) is 0 Å². The number of hydrogen-bond acceptors (Lipinski definition) is 3. The first-order chi connectivity index (χ1) is 9.97. The molecule has 0 N–H and O–H groups in total. The predicted molar refractivity (Wildman–Crippen MR) is 99.2 cm³/mol. The van der Waals surface area contributed by atoms with Crippen LogP contribution >= 0.6 is 50.1 Å². The molecule has 0 unspecified atom stereocenters. The van der Waals surface area contributed by atoms with Crippen LogP contribution in [0.25, 0.3) is 10.9 Å². The molecule has 2 heterocycles. The van der Waals surface area contributed by atoms with Crippen LogP contribution < -0.4 is 0 Å². The van der Waals surface area contributed by atoms with Crippen LogP contribution in [0, 0.1) is 10.5 Å². The molecule has 0 bridgehead atoms. The number of piperidine rings is 1. The molecule has 112 valence electrons. The number of aryl methyl sites for hydroxylation is 1. The molecule has 0 spiro atoms. The Hall–Kier alpha value is 0.0200. The standard InChI is InChI=1S/C15H16BrClIN3/c1-8-12(16)11(18)7-10-13(8)19-15(20-14(10)17)9-3-5-21(2)6-4-9/h7,9H,3-6H2,1-2H3. The summed E-state index contributed by atoms with van der Waals surface area (Å²) in [4.78, 5) is 11.8. The number of aromatic nitrogens is 2. The van der Waals surface area contributed by atoms with E-state index in [1.165, 1.54) is 0 Å². The van der Waals surface area contributed by atoms with Crippen molar-refractivity contribution in [3.63, 3.8) is 0 Å². The van der Waals surface area contributed by atoms with Crippen molar-refractivity contribution >= 4 is 61.0 Å². The highest BCUT2D eigenvalue weighted by molar-refractivity contribution is 14.1. The van der Waals surface area contributed by atoms with Crippen LogP contribution in [0.5, 0.6) is 0 Å². The number of halogens is 3. The Kier molecular flexibility index (Phi) is 4.74. The van der Waals surface area contributed by atoms with Gasteiger partial charge >= 0.3 is 0 Å². The first-order valence-corrected chi connectivity index (χ1v) is 9.22. The summed E-state index contributed by atoms with van der Waals surface area (Å²) in [7, 11) is 2.16. The van der Waals surface area contributed by atoms with Gasteiger partial charge in [-0.1, -0.05) is 11.6 Å². The molecule has 6 heteroatoms. The molecule has 1 aliphatic rings. The second-order valence-electron chi connectivity index (χ2n) is 5.64. The number of nitrogens with zero attached hydrogens (tertiary/aromatic N) is 3. The lowest BCUT2D eigenvalue weighted by Gasteiger charge is -2.28. The van der Waals surface area contributed by atoms with E-state index in [9.17, 15) is 0 Å². The van der Waals surface area contributed by atoms with Gasteiger partial charge in [-0.2, -0.15) is 0 Å². The molecule has 1 aromatic heterocycles. The highest BCUT2D eigenvalue weighted by Crippen LogP contribution is 2.34. The van der Waals surface area contributed by atoms with Crippen LogP contribution in [0.2, 0.25) is 5.15 Å². The van der Waals surface area contributed by atoms with E-state index >= 15 is 0 Å². The van der Waals surface area contributed by atoms with Crippen LogP contribution in [-0.4, -0.2) is 35.0 Å². The van der Waals surface area contributed by atoms with E-state index in [0.29, 0.717) is 11.1 Å². The number of benzene rings is 1. The second kappa shape index (κ2) is 6.26. The Balaban J connectivity index is 2.10. The lowest BCUT2D eigenvalue weighted by Crippen LogP contribution is -2.30. The molecule has 0 amide bonds. The Morgan fingerprint density at radius 3 is 2.67 bits per heavy atom. The SMILES string of the molecule is Cc1c(Br)c(I)cc2c(Cl)nc(C3CCN(C)CC3)nc12. The van der Waals surface area contributed by atoms with E-state index < -0.39 is 0 Å². The third kappa shape index (κ3) is 3.07. The second-order valence-corrected chi connectivity index (χ2v) is 7.96. The van der Waals surface area contributed by atoms with Crippen LogP contribution in [0.3, 0.4) is 0 Å². The monoisotopic (exact) mass is 479 g/mol. The molecule has 0 saturated carbocycles. The minimum atomic E-state index is 0.417. The molecule has 0 aliphatic carbocycles. The summed E-state index contributed by atoms with van der Waals surface area (Å²) < 4.78 is 2.23. The van der Waals surface area contributed by atoms with Crippen molar-refractivity contribution in [3.05, 3.63) is 30.7 Å². The molecule has 2 aromatic rings. The summed E-state index contributed by atoms with van der Waals surface area (Å²) in [6, 6.07) is 2.05. The van der Waals surface area contributed by atoms with E-state index in [1.54, 1.807) is 0 Å². The Morgan fingerprint density at radius 2 is 2.00 bits per heavy atom. The maximum Gasteiger partial charge on any atom is 0.140 e. The zero-order chi connectivity index (χ0) is 15.1. The highest BCUT2D eigenvalue weighted by atomic mass is 127. The van der Waals surface area contributed by atoms with Gasteiger partial charge in [0.1, 0.15) is 11.0 Å². The van der Waals surface area contributed by atoms with Gasteiger partial charge in [0, 0.05) is 19.3 Å². The topological polar surface area (TPSA) is 29.0 Å². The number of hydrogen-bond donors (Lipinski definition) is 0. The van der Waals surface area contributed by atoms with Crippen molar-refractivity contribution in [1.82, 2.24) is 14.9 Å². The molecule has 3 rings (SSSR count). The largest absolute Gasteiger partial charge is 0.306 e. The summed E-state index contributed by atoms with van der Waals surface area (Å²) in [5.74, 6) is 1.32. The van der Waals surface area contributed by atoms with Crippen LogP contribution in [-0.2, 0) is 0 Å². The van der Waals surface area contributed by atoms with Gasteiger partial charge in [-0.15, -0.1) is 0 Å². The third-order valence-electron chi connectivity index (χ3n) is 4.17. The fourth-order valence-electron chi connectivity index (χ4n) is 2.79. The van der Waals surface area contributed by atoms with Gasteiger partial charge in [0.05, 0.1) is 5.52 Å². The smallest absolute Gasteiger partial charge is 0.140 e. The van der Waals surface area contributed by atoms with Gasteiger partial charge < -0.3 is 4.90 Å². The normalized spacial score (nSPS) is 17.6. The quantitative estimate of drug-likeness (QED) is 0.435. The molecule has 0 atom stereocenters. The molecule has 3 nitrogen and oxygen atoms in total. The third-order valence-corrected chi connectivity index (χ3v) is 7.07. The Morgan fingerprint density at radius 1 is 1.33 bits per heavy atom.